The number of carbonyl (C=O) groups excluding carboxylic acids is 1. The lowest BCUT2D eigenvalue weighted by atomic mass is 10.0. The van der Waals surface area contributed by atoms with Gasteiger partial charge in [-0.05, 0) is 57.9 Å². The number of fused-ring (bicyclic) bond motifs is 1. The van der Waals surface area contributed by atoms with Crippen LogP contribution in [0.1, 0.15) is 33.6 Å². The summed E-state index contributed by atoms with van der Waals surface area (Å²) in [6.07, 6.45) is 3.33. The fourth-order valence-corrected chi connectivity index (χ4v) is 3.17. The molecular formula is C19H24ClN3O2. The first-order valence-electron chi connectivity index (χ1n) is 8.60. The highest BCUT2D eigenvalue weighted by atomic mass is 35.5. The zero-order valence-electron chi connectivity index (χ0n) is 14.9. The minimum absolute atomic E-state index is 0.230. The molecule has 1 fully saturated rings. The zero-order chi connectivity index (χ0) is 18.0. The molecule has 1 aromatic carbocycles. The van der Waals surface area contributed by atoms with Crippen molar-refractivity contribution in [3.8, 4) is 0 Å². The number of carbonyl (C=O) groups is 1. The van der Waals surface area contributed by atoms with Crippen molar-refractivity contribution in [1.82, 2.24) is 9.88 Å². The maximum atomic E-state index is 12.2. The molecule has 2 heterocycles. The van der Waals surface area contributed by atoms with Crippen LogP contribution in [-0.2, 0) is 4.74 Å². The number of nitrogens with one attached hydrogen (secondary N) is 1. The van der Waals surface area contributed by atoms with E-state index in [0.717, 1.165) is 29.4 Å². The topological polar surface area (TPSA) is 54.5 Å². The van der Waals surface area contributed by atoms with Crippen LogP contribution < -0.4 is 5.32 Å². The van der Waals surface area contributed by atoms with Gasteiger partial charge in [-0.15, -0.1) is 0 Å². The summed E-state index contributed by atoms with van der Waals surface area (Å²) in [6.45, 7) is 7.05. The summed E-state index contributed by atoms with van der Waals surface area (Å²) in [4.78, 5) is 18.3. The molecule has 1 aliphatic rings. The van der Waals surface area contributed by atoms with Crippen LogP contribution in [0.25, 0.3) is 10.9 Å². The van der Waals surface area contributed by atoms with Gasteiger partial charge >= 0.3 is 6.09 Å². The van der Waals surface area contributed by atoms with Gasteiger partial charge < -0.3 is 15.0 Å². The summed E-state index contributed by atoms with van der Waals surface area (Å²) >= 11 is 6.13. The molecule has 0 spiro atoms. The minimum atomic E-state index is -0.457. The number of benzene rings is 1. The molecule has 1 aromatic heterocycles. The molecule has 1 saturated heterocycles. The number of hydrogen-bond donors (Lipinski definition) is 1. The van der Waals surface area contributed by atoms with Gasteiger partial charge in [-0.2, -0.15) is 0 Å². The number of piperidine rings is 1. The lowest BCUT2D eigenvalue weighted by Crippen LogP contribution is -2.44. The van der Waals surface area contributed by atoms with Crippen molar-refractivity contribution in [3.05, 3.63) is 35.5 Å². The highest BCUT2D eigenvalue weighted by molar-refractivity contribution is 6.31. The predicted molar refractivity (Wildman–Crippen MR) is 101 cm³/mol. The Balaban J connectivity index is 1.63. The Morgan fingerprint density at radius 2 is 2.00 bits per heavy atom. The van der Waals surface area contributed by atoms with Crippen LogP contribution in [0.15, 0.2) is 30.5 Å². The average Bonchev–Trinajstić information content (AvgIpc) is 2.54. The quantitative estimate of drug-likeness (QED) is 0.842. The van der Waals surface area contributed by atoms with E-state index in [9.17, 15) is 4.79 Å². The van der Waals surface area contributed by atoms with Crippen LogP contribution in [-0.4, -0.2) is 40.7 Å². The van der Waals surface area contributed by atoms with Crippen LogP contribution in [0.5, 0.6) is 0 Å². The van der Waals surface area contributed by atoms with E-state index in [1.165, 1.54) is 0 Å². The number of aromatic nitrogens is 1. The van der Waals surface area contributed by atoms with E-state index >= 15 is 0 Å². The molecule has 0 bridgehead atoms. The first kappa shape index (κ1) is 17.8. The Bertz CT molecular complexity index is 765. The molecular weight excluding hydrogens is 338 g/mol. The molecule has 1 N–H and O–H groups in total. The van der Waals surface area contributed by atoms with Gasteiger partial charge in [-0.25, -0.2) is 4.79 Å². The van der Waals surface area contributed by atoms with E-state index in [2.05, 4.69) is 10.3 Å². The predicted octanol–water partition coefficient (Wildman–Crippen LogP) is 4.70. The second-order valence-electron chi connectivity index (χ2n) is 7.41. The van der Waals surface area contributed by atoms with Crippen molar-refractivity contribution < 1.29 is 9.53 Å². The van der Waals surface area contributed by atoms with Crippen molar-refractivity contribution >= 4 is 34.3 Å². The molecule has 1 amide bonds. The van der Waals surface area contributed by atoms with Crippen LogP contribution in [0.4, 0.5) is 10.5 Å². The number of amides is 1. The number of ether oxygens (including phenoxy) is 1. The van der Waals surface area contributed by atoms with Crippen molar-refractivity contribution in [2.24, 2.45) is 0 Å². The molecule has 0 aliphatic carbocycles. The van der Waals surface area contributed by atoms with Crippen LogP contribution in [0, 0.1) is 0 Å². The normalized spacial score (nSPS) is 16.1. The summed E-state index contributed by atoms with van der Waals surface area (Å²) in [7, 11) is 0. The summed E-state index contributed by atoms with van der Waals surface area (Å²) < 4.78 is 5.45. The summed E-state index contributed by atoms with van der Waals surface area (Å²) in [5.41, 5.74) is 1.49. The number of likely N-dealkylation sites (tertiary alicyclic amines) is 1. The third-order valence-corrected chi connectivity index (χ3v) is 4.44. The molecule has 0 unspecified atom stereocenters. The second-order valence-corrected chi connectivity index (χ2v) is 7.84. The number of hydrogen-bond acceptors (Lipinski definition) is 4. The van der Waals surface area contributed by atoms with Gasteiger partial charge in [0.25, 0.3) is 0 Å². The van der Waals surface area contributed by atoms with Crippen molar-refractivity contribution in [2.75, 3.05) is 18.4 Å². The van der Waals surface area contributed by atoms with Gasteiger partial charge in [0.15, 0.2) is 0 Å². The molecule has 2 aromatic rings. The largest absolute Gasteiger partial charge is 0.444 e. The van der Waals surface area contributed by atoms with Gasteiger partial charge in [-0.3, -0.25) is 4.98 Å². The molecule has 0 atom stereocenters. The number of rotatable bonds is 2. The Hall–Kier alpha value is -2.01. The Morgan fingerprint density at radius 3 is 2.68 bits per heavy atom. The number of anilines is 1. The smallest absolute Gasteiger partial charge is 0.410 e. The first-order chi connectivity index (χ1) is 11.8. The van der Waals surface area contributed by atoms with Crippen LogP contribution in [0.3, 0.4) is 0 Å². The Kier molecular flexibility index (Phi) is 5.04. The molecule has 25 heavy (non-hydrogen) atoms. The lowest BCUT2D eigenvalue weighted by molar-refractivity contribution is 0.0210. The van der Waals surface area contributed by atoms with Crippen molar-refractivity contribution in [1.29, 1.82) is 0 Å². The molecule has 3 rings (SSSR count). The summed E-state index contributed by atoms with van der Waals surface area (Å²) in [6, 6.07) is 7.98. The van der Waals surface area contributed by atoms with Crippen molar-refractivity contribution in [3.63, 3.8) is 0 Å². The van der Waals surface area contributed by atoms with E-state index in [0.29, 0.717) is 24.2 Å². The van der Waals surface area contributed by atoms with E-state index in [4.69, 9.17) is 16.3 Å². The SMILES string of the molecule is CC(C)(C)OC(=O)N1CCC(Nc2ccnc3ccc(Cl)cc23)CC1. The molecule has 6 heteroatoms. The first-order valence-corrected chi connectivity index (χ1v) is 8.98. The number of pyridine rings is 1. The number of nitrogens with zero attached hydrogens (tertiary/aromatic N) is 2. The lowest BCUT2D eigenvalue weighted by Gasteiger charge is -2.34. The van der Waals surface area contributed by atoms with E-state index in [1.54, 1.807) is 11.1 Å². The molecule has 0 radical (unpaired) electrons. The minimum Gasteiger partial charge on any atom is -0.444 e. The standard InChI is InChI=1S/C19H24ClN3O2/c1-19(2,3)25-18(24)23-10-7-14(8-11-23)22-17-6-9-21-16-5-4-13(20)12-15(16)17/h4-6,9,12,14H,7-8,10-11H2,1-3H3,(H,21,22). The van der Waals surface area contributed by atoms with E-state index < -0.39 is 5.60 Å². The van der Waals surface area contributed by atoms with E-state index in [1.807, 2.05) is 45.0 Å². The van der Waals surface area contributed by atoms with Gasteiger partial charge in [0.05, 0.1) is 5.52 Å². The summed E-state index contributed by atoms with van der Waals surface area (Å²) in [5, 5.41) is 5.30. The molecule has 134 valence electrons. The van der Waals surface area contributed by atoms with Gasteiger partial charge in [0.1, 0.15) is 5.60 Å². The van der Waals surface area contributed by atoms with Gasteiger partial charge in [0.2, 0.25) is 0 Å². The van der Waals surface area contributed by atoms with E-state index in [-0.39, 0.29) is 6.09 Å². The fraction of sp³-hybridized carbons (Fsp3) is 0.474. The molecule has 5 nitrogen and oxygen atoms in total. The summed E-state index contributed by atoms with van der Waals surface area (Å²) in [5.74, 6) is 0. The fourth-order valence-electron chi connectivity index (χ4n) is 3.00. The maximum Gasteiger partial charge on any atom is 0.410 e. The monoisotopic (exact) mass is 361 g/mol. The Morgan fingerprint density at radius 1 is 1.28 bits per heavy atom. The average molecular weight is 362 g/mol. The maximum absolute atomic E-state index is 12.2. The van der Waals surface area contributed by atoms with Crippen LogP contribution in [0.2, 0.25) is 5.02 Å². The third-order valence-electron chi connectivity index (χ3n) is 4.21. The highest BCUT2D eigenvalue weighted by Crippen LogP contribution is 2.27. The second kappa shape index (κ2) is 7.08. The highest BCUT2D eigenvalue weighted by Gasteiger charge is 2.27. The van der Waals surface area contributed by atoms with Gasteiger partial charge in [0, 0.05) is 41.4 Å². The van der Waals surface area contributed by atoms with Gasteiger partial charge in [-0.1, -0.05) is 11.6 Å². The number of halogens is 1. The third kappa shape index (κ3) is 4.54. The Labute approximate surface area is 153 Å². The molecule has 0 saturated carbocycles. The van der Waals surface area contributed by atoms with Crippen LogP contribution >= 0.6 is 11.6 Å². The zero-order valence-corrected chi connectivity index (χ0v) is 15.6. The van der Waals surface area contributed by atoms with Crippen molar-refractivity contribution in [2.45, 2.75) is 45.3 Å². The molecule has 1 aliphatic heterocycles.